The van der Waals surface area contributed by atoms with Crippen LogP contribution in [-0.4, -0.2) is 85.8 Å². The van der Waals surface area contributed by atoms with E-state index in [9.17, 15) is 4.79 Å². The normalized spacial score (nSPS) is 16.9. The van der Waals surface area contributed by atoms with E-state index in [0.717, 1.165) is 45.8 Å². The van der Waals surface area contributed by atoms with Gasteiger partial charge in [0.2, 0.25) is 5.91 Å². The molecule has 0 aromatic rings. The molecule has 1 heterocycles. The highest BCUT2D eigenvalue weighted by Gasteiger charge is 2.21. The van der Waals surface area contributed by atoms with Crippen LogP contribution in [0.4, 0.5) is 0 Å². The summed E-state index contributed by atoms with van der Waals surface area (Å²) in [4.78, 5) is 16.4. The maximum atomic E-state index is 12.0. The molecule has 0 aromatic heterocycles. The van der Waals surface area contributed by atoms with Crippen LogP contribution in [0.2, 0.25) is 0 Å². The second-order valence-corrected chi connectivity index (χ2v) is 5.48. The van der Waals surface area contributed by atoms with Crippen molar-refractivity contribution in [3.8, 4) is 0 Å². The van der Waals surface area contributed by atoms with E-state index in [4.69, 9.17) is 5.11 Å². The largest absolute Gasteiger partial charge is 0.395 e. The van der Waals surface area contributed by atoms with Gasteiger partial charge in [0.1, 0.15) is 0 Å². The van der Waals surface area contributed by atoms with Crippen molar-refractivity contribution in [2.75, 3.05) is 59.0 Å². The minimum absolute atomic E-state index is 0.168. The summed E-state index contributed by atoms with van der Waals surface area (Å²) in [6, 6.07) is 0.570. The number of amides is 1. The molecule has 0 unspecified atom stereocenters. The molecule has 118 valence electrons. The van der Waals surface area contributed by atoms with Crippen molar-refractivity contribution in [3.63, 3.8) is 0 Å². The van der Waals surface area contributed by atoms with Crippen molar-refractivity contribution in [1.29, 1.82) is 0 Å². The lowest BCUT2D eigenvalue weighted by atomic mass is 10.2. The molecule has 1 rings (SSSR count). The lowest BCUT2D eigenvalue weighted by Gasteiger charge is -2.37. The molecule has 1 fully saturated rings. The van der Waals surface area contributed by atoms with Gasteiger partial charge in [-0.1, -0.05) is 0 Å². The van der Waals surface area contributed by atoms with Gasteiger partial charge >= 0.3 is 0 Å². The fourth-order valence-corrected chi connectivity index (χ4v) is 2.35. The van der Waals surface area contributed by atoms with Gasteiger partial charge in [0.25, 0.3) is 0 Å². The Bertz CT molecular complexity index is 266. The highest BCUT2D eigenvalue weighted by Crippen LogP contribution is 2.06. The van der Waals surface area contributed by atoms with Gasteiger partial charge in [-0.3, -0.25) is 9.69 Å². The zero-order valence-electron chi connectivity index (χ0n) is 12.9. The smallest absolute Gasteiger partial charge is 0.223 e. The molecule has 1 aliphatic rings. The number of rotatable bonds is 9. The molecule has 1 saturated heterocycles. The summed E-state index contributed by atoms with van der Waals surface area (Å²) >= 11 is 0. The molecule has 0 bridgehead atoms. The number of aliphatic hydroxyl groups excluding tert-OH is 1. The fraction of sp³-hybridized carbons (Fsp3) is 0.929. The monoisotopic (exact) mass is 286 g/mol. The molecule has 0 aromatic carbocycles. The van der Waals surface area contributed by atoms with Gasteiger partial charge in [-0.15, -0.1) is 0 Å². The maximum absolute atomic E-state index is 12.0. The number of hydrogen-bond acceptors (Lipinski definition) is 5. The summed E-state index contributed by atoms with van der Waals surface area (Å²) in [5.41, 5.74) is 0. The number of aliphatic hydroxyl groups is 1. The third kappa shape index (κ3) is 6.65. The van der Waals surface area contributed by atoms with Crippen molar-refractivity contribution in [2.24, 2.45) is 0 Å². The molecule has 1 aliphatic heterocycles. The van der Waals surface area contributed by atoms with Crippen LogP contribution in [0.5, 0.6) is 0 Å². The first kappa shape index (κ1) is 17.4. The van der Waals surface area contributed by atoms with Crippen LogP contribution in [-0.2, 0) is 4.79 Å². The topological polar surface area (TPSA) is 67.8 Å². The van der Waals surface area contributed by atoms with Crippen molar-refractivity contribution in [2.45, 2.75) is 26.3 Å². The highest BCUT2D eigenvalue weighted by molar-refractivity contribution is 5.76. The molecule has 20 heavy (non-hydrogen) atoms. The summed E-state index contributed by atoms with van der Waals surface area (Å²) < 4.78 is 0. The predicted molar refractivity (Wildman–Crippen MR) is 80.7 cm³/mol. The number of carbonyl (C=O) groups excluding carboxylic acids is 1. The quantitative estimate of drug-likeness (QED) is 0.479. The zero-order valence-corrected chi connectivity index (χ0v) is 12.9. The van der Waals surface area contributed by atoms with Gasteiger partial charge < -0.3 is 20.6 Å². The van der Waals surface area contributed by atoms with E-state index in [1.165, 1.54) is 0 Å². The lowest BCUT2D eigenvalue weighted by Crippen LogP contribution is -2.51. The van der Waals surface area contributed by atoms with Gasteiger partial charge in [-0.2, -0.15) is 0 Å². The molecule has 3 N–H and O–H groups in total. The van der Waals surface area contributed by atoms with Crippen molar-refractivity contribution >= 4 is 5.91 Å². The van der Waals surface area contributed by atoms with Gasteiger partial charge in [-0.25, -0.2) is 0 Å². The molecule has 6 nitrogen and oxygen atoms in total. The highest BCUT2D eigenvalue weighted by atomic mass is 16.3. The molecular weight excluding hydrogens is 256 g/mol. The van der Waals surface area contributed by atoms with E-state index in [1.54, 1.807) is 0 Å². The first-order valence-corrected chi connectivity index (χ1v) is 7.69. The summed E-state index contributed by atoms with van der Waals surface area (Å²) in [6.45, 7) is 11.3. The molecule has 0 saturated carbocycles. The molecular formula is C14H30N4O2. The fourth-order valence-electron chi connectivity index (χ4n) is 2.35. The first-order chi connectivity index (χ1) is 9.65. The number of nitrogens with zero attached hydrogens (tertiary/aromatic N) is 2. The van der Waals surface area contributed by atoms with E-state index in [2.05, 4.69) is 29.4 Å². The summed E-state index contributed by atoms with van der Waals surface area (Å²) in [5, 5.41) is 14.9. The second-order valence-electron chi connectivity index (χ2n) is 5.48. The third-order valence-corrected chi connectivity index (χ3v) is 3.68. The van der Waals surface area contributed by atoms with Crippen LogP contribution in [0.15, 0.2) is 0 Å². The Balaban J connectivity index is 2.03. The van der Waals surface area contributed by atoms with Crippen molar-refractivity contribution in [3.05, 3.63) is 0 Å². The van der Waals surface area contributed by atoms with E-state index >= 15 is 0 Å². The zero-order chi connectivity index (χ0) is 14.8. The van der Waals surface area contributed by atoms with Crippen LogP contribution in [0.1, 0.15) is 20.3 Å². The lowest BCUT2D eigenvalue weighted by molar-refractivity contribution is -0.133. The molecule has 0 atom stereocenters. The number of nitrogens with one attached hydrogen (secondary N) is 2. The predicted octanol–water partition coefficient (Wildman–Crippen LogP) is -0.899. The van der Waals surface area contributed by atoms with Crippen LogP contribution >= 0.6 is 0 Å². The SMILES string of the molecule is CC(C)N1CCN(C(=O)CCNCCNCCO)CC1. The minimum atomic E-state index is 0.168. The van der Waals surface area contributed by atoms with Crippen LogP contribution in [0, 0.1) is 0 Å². The van der Waals surface area contributed by atoms with Crippen LogP contribution < -0.4 is 10.6 Å². The molecule has 6 heteroatoms. The Kier molecular flexibility index (Phi) is 8.77. The average Bonchev–Trinajstić information content (AvgIpc) is 2.46. The van der Waals surface area contributed by atoms with E-state index in [1.807, 2.05) is 4.90 Å². The molecule has 0 radical (unpaired) electrons. The summed E-state index contributed by atoms with van der Waals surface area (Å²) in [5.74, 6) is 0.254. The average molecular weight is 286 g/mol. The molecule has 0 aliphatic carbocycles. The van der Waals surface area contributed by atoms with E-state index in [-0.39, 0.29) is 12.5 Å². The van der Waals surface area contributed by atoms with Crippen molar-refractivity contribution < 1.29 is 9.90 Å². The Morgan fingerprint density at radius 2 is 1.65 bits per heavy atom. The number of hydrogen-bond donors (Lipinski definition) is 3. The van der Waals surface area contributed by atoms with Gasteiger partial charge in [0.05, 0.1) is 6.61 Å². The summed E-state index contributed by atoms with van der Waals surface area (Å²) in [6.07, 6.45) is 0.571. The second kappa shape index (κ2) is 10.1. The first-order valence-electron chi connectivity index (χ1n) is 7.69. The minimum Gasteiger partial charge on any atom is -0.395 e. The number of piperazine rings is 1. The summed E-state index contributed by atoms with van der Waals surface area (Å²) in [7, 11) is 0. The van der Waals surface area contributed by atoms with Gasteiger partial charge in [0, 0.05) is 64.8 Å². The van der Waals surface area contributed by atoms with Gasteiger partial charge in [-0.05, 0) is 13.8 Å². The van der Waals surface area contributed by atoms with Crippen molar-refractivity contribution in [1.82, 2.24) is 20.4 Å². The van der Waals surface area contributed by atoms with E-state index < -0.39 is 0 Å². The Labute approximate surface area is 122 Å². The Morgan fingerprint density at radius 3 is 2.20 bits per heavy atom. The third-order valence-electron chi connectivity index (χ3n) is 3.68. The Hall–Kier alpha value is -0.690. The van der Waals surface area contributed by atoms with E-state index in [0.29, 0.717) is 19.0 Å². The standard InChI is InChI=1S/C14H30N4O2/c1-13(2)17-8-10-18(11-9-17)14(20)3-4-15-5-6-16-7-12-19/h13,15-16,19H,3-12H2,1-2H3. The van der Waals surface area contributed by atoms with Crippen LogP contribution in [0.25, 0.3) is 0 Å². The Morgan fingerprint density at radius 1 is 1.05 bits per heavy atom. The van der Waals surface area contributed by atoms with Crippen LogP contribution in [0.3, 0.4) is 0 Å². The molecule has 1 amide bonds. The molecule has 0 spiro atoms. The number of carbonyl (C=O) groups is 1. The maximum Gasteiger partial charge on any atom is 0.223 e. The van der Waals surface area contributed by atoms with Gasteiger partial charge in [0.15, 0.2) is 0 Å².